The predicted octanol–water partition coefficient (Wildman–Crippen LogP) is 18.0. The quantitative estimate of drug-likeness (QED) is 0.0388. The molecule has 0 saturated carbocycles. The zero-order chi connectivity index (χ0) is 66.5. The van der Waals surface area contributed by atoms with Gasteiger partial charge in [0, 0.05) is 102 Å². The summed E-state index contributed by atoms with van der Waals surface area (Å²) in [6.45, 7) is 0. The van der Waals surface area contributed by atoms with E-state index in [1.807, 2.05) is 109 Å². The number of thiocarbonyl (C=S) groups is 2. The molecule has 17 nitrogen and oxygen atoms in total. The Morgan fingerprint density at radius 3 is 1.33 bits per heavy atom. The van der Waals surface area contributed by atoms with E-state index in [-0.39, 0.29) is 22.1 Å². The van der Waals surface area contributed by atoms with Crippen LogP contribution in [0.1, 0.15) is 31.8 Å². The molecule has 13 rings (SSSR count). The van der Waals surface area contributed by atoms with E-state index in [1.165, 1.54) is 24.3 Å². The highest BCUT2D eigenvalue weighted by atomic mass is 35.5. The van der Waals surface area contributed by atoms with Gasteiger partial charge in [0.25, 0.3) is 11.8 Å². The molecule has 0 aliphatic carbocycles. The molecule has 0 saturated heterocycles. The zero-order valence-corrected chi connectivity index (χ0v) is 51.3. The van der Waals surface area contributed by atoms with Crippen molar-refractivity contribution in [2.45, 2.75) is 12.4 Å². The van der Waals surface area contributed by atoms with Gasteiger partial charge < -0.3 is 47.5 Å². The smallest absolute Gasteiger partial charge is 0.361 e. The van der Waals surface area contributed by atoms with Gasteiger partial charge in [-0.25, -0.2) is 9.59 Å². The van der Waals surface area contributed by atoms with Crippen molar-refractivity contribution in [3.8, 4) is 0 Å². The van der Waals surface area contributed by atoms with Crippen LogP contribution in [0.3, 0.4) is 0 Å². The predicted molar refractivity (Wildman–Crippen MR) is 366 cm³/mol. The highest BCUT2D eigenvalue weighted by molar-refractivity contribution is 7.81. The molecule has 0 radical (unpaired) electrons. The van der Waals surface area contributed by atoms with Crippen LogP contribution in [0, 0.1) is 0 Å². The average Bonchev–Trinajstić information content (AvgIpc) is 1.63. The van der Waals surface area contributed by atoms with Gasteiger partial charge >= 0.3 is 24.4 Å². The van der Waals surface area contributed by atoms with Crippen molar-refractivity contribution in [1.29, 1.82) is 0 Å². The number of halogens is 8. The second-order valence-corrected chi connectivity index (χ2v) is 21.8. The molecule has 1 aliphatic heterocycles. The van der Waals surface area contributed by atoms with E-state index in [2.05, 4.69) is 67.8 Å². The molecule has 0 unspecified atom stereocenters. The lowest BCUT2D eigenvalue weighted by Crippen LogP contribution is -2.20. The van der Waals surface area contributed by atoms with E-state index in [1.54, 1.807) is 61.1 Å². The van der Waals surface area contributed by atoms with Gasteiger partial charge in [0.05, 0.1) is 43.8 Å². The van der Waals surface area contributed by atoms with Crippen molar-refractivity contribution in [3.05, 3.63) is 257 Å². The molecule has 0 fully saturated rings. The Morgan fingerprint density at radius 2 is 0.830 bits per heavy atom. The van der Waals surface area contributed by atoms with Crippen molar-refractivity contribution in [1.82, 2.24) is 25.3 Å². The average molecular weight is 1350 g/mol. The third-order valence-electron chi connectivity index (χ3n) is 13.5. The summed E-state index contributed by atoms with van der Waals surface area (Å²) in [7, 11) is 0. The Hall–Kier alpha value is -11.3. The fourth-order valence-electron chi connectivity index (χ4n) is 9.17. The molecular weight excluding hydrogens is 1300 g/mol. The number of rotatable bonds is 8. The van der Waals surface area contributed by atoms with E-state index >= 15 is 0 Å². The molecule has 12 aromatic rings. The van der Waals surface area contributed by atoms with Gasteiger partial charge in [0.1, 0.15) is 0 Å². The van der Waals surface area contributed by atoms with Gasteiger partial charge in [-0.3, -0.25) is 29.9 Å². The first-order valence-corrected chi connectivity index (χ1v) is 29.4. The third-order valence-corrected chi connectivity index (χ3v) is 14.4. The van der Waals surface area contributed by atoms with Gasteiger partial charge in [-0.05, 0) is 194 Å². The Bertz CT molecular complexity index is 4870. The van der Waals surface area contributed by atoms with Gasteiger partial charge in [0.2, 0.25) is 0 Å². The summed E-state index contributed by atoms with van der Waals surface area (Å²) >= 11 is 22.0. The number of H-pyrrole nitrogens is 1. The molecule has 6 amide bonds. The summed E-state index contributed by atoms with van der Waals surface area (Å²) in [6, 6.07) is 54.1. The molecule has 4 aromatic heterocycles. The maximum absolute atomic E-state index is 12.7. The van der Waals surface area contributed by atoms with Crippen molar-refractivity contribution >= 4 is 171 Å². The van der Waals surface area contributed by atoms with E-state index in [4.69, 9.17) is 47.6 Å². The number of hydrogen-bond acceptors (Lipinski definition) is 9. The fraction of sp³-hybridized carbons (Fsp3) is 0.0299. The van der Waals surface area contributed by atoms with Gasteiger partial charge in [-0.2, -0.15) is 26.3 Å². The number of urea groups is 2. The number of anilines is 8. The van der Waals surface area contributed by atoms with Crippen LogP contribution in [0.2, 0.25) is 10.0 Å². The normalized spacial score (nSPS) is 11.5. The molecule has 27 heteroatoms. The topological polar surface area (TPSA) is 231 Å². The van der Waals surface area contributed by atoms with Crippen LogP contribution in [-0.2, 0) is 12.4 Å². The second kappa shape index (κ2) is 29.4. The second-order valence-electron chi connectivity index (χ2n) is 20.2. The summed E-state index contributed by atoms with van der Waals surface area (Å²) in [5.41, 5.74) is 6.95. The van der Waals surface area contributed by atoms with Crippen molar-refractivity contribution in [2.24, 2.45) is 0 Å². The molecule has 10 N–H and O–H groups in total. The lowest BCUT2D eigenvalue weighted by molar-refractivity contribution is -0.138. The number of benzene rings is 8. The Labute approximate surface area is 550 Å². The third kappa shape index (κ3) is 17.8. The number of hydrogen-bond donors (Lipinski definition) is 10. The Morgan fingerprint density at radius 1 is 0.404 bits per heavy atom. The molecule has 1 aliphatic rings. The standard InChI is InChI=1S/C17H11ClF3N3O.C17H12F3N3S.C17H12N4O3.C16H12ClN3S/c18-14-9-12(3-5-13(14)17(19,20)21)24-16(25)23-11-4-6-15-10(8-11)2-1-7-22-15;18-17(19,20)12-4-1-5-13(10-12)22-16(24)23-14-6-7-15-11(9-14)3-2-8-21-15;22-15-12-3-1-11(8-13(12)16(23)21-15)20-17(24)19-10-2-4-14-9(7-10)5-6-18-14;17-12-4-1-5-13(10-12)19-16(21)20-14-6-7-15-11(9-14)3-2-8-18-15/h1-9H,(H2,23,24,25);1-10H,(H2,22,23,24);1-8,18H,(H2,19,20,24)(H,21,22,23);1-10H,(H2,19,20,21). The number of pyridine rings is 3. The van der Waals surface area contributed by atoms with E-state index in [9.17, 15) is 45.5 Å². The fourth-order valence-corrected chi connectivity index (χ4v) is 10.1. The number of imide groups is 1. The monoisotopic (exact) mass is 1350 g/mol. The van der Waals surface area contributed by atoms with Gasteiger partial charge in [-0.1, -0.05) is 53.5 Å². The number of aromatic nitrogens is 4. The number of carbonyl (C=O) groups excluding carboxylic acids is 4. The molecular formula is C67H47Cl2F6N13O4S2. The largest absolute Gasteiger partial charge is 0.417 e. The molecule has 0 atom stereocenters. The Kier molecular flexibility index (Phi) is 20.5. The molecule has 0 bridgehead atoms. The number of nitrogens with one attached hydrogen (secondary N) is 10. The number of fused-ring (bicyclic) bond motifs is 5. The first kappa shape index (κ1) is 65.7. The number of alkyl halides is 6. The first-order chi connectivity index (χ1) is 45.0. The van der Waals surface area contributed by atoms with Crippen molar-refractivity contribution < 1.29 is 45.5 Å². The Balaban J connectivity index is 0.000000137. The minimum atomic E-state index is -4.54. The van der Waals surface area contributed by atoms with Gasteiger partial charge in [-0.15, -0.1) is 0 Å². The number of amides is 6. The van der Waals surface area contributed by atoms with Crippen LogP contribution in [0.25, 0.3) is 43.6 Å². The summed E-state index contributed by atoms with van der Waals surface area (Å²) in [4.78, 5) is 63.0. The summed E-state index contributed by atoms with van der Waals surface area (Å²) in [6.07, 6.45) is -1.97. The van der Waals surface area contributed by atoms with E-state index in [0.29, 0.717) is 32.8 Å². The van der Waals surface area contributed by atoms with Crippen LogP contribution in [0.5, 0.6) is 0 Å². The molecule has 94 heavy (non-hydrogen) atoms. The maximum atomic E-state index is 12.7. The summed E-state index contributed by atoms with van der Waals surface area (Å²) < 4.78 is 76.2. The molecule has 472 valence electrons. The van der Waals surface area contributed by atoms with Crippen LogP contribution in [0.15, 0.2) is 225 Å². The highest BCUT2D eigenvalue weighted by Gasteiger charge is 2.33. The van der Waals surface area contributed by atoms with E-state index in [0.717, 1.165) is 91.0 Å². The van der Waals surface area contributed by atoms with Crippen LogP contribution in [0.4, 0.5) is 81.4 Å². The maximum Gasteiger partial charge on any atom is 0.417 e. The zero-order valence-electron chi connectivity index (χ0n) is 48.2. The summed E-state index contributed by atoms with van der Waals surface area (Å²) in [5, 5.41) is 29.3. The number of nitrogens with zero attached hydrogens (tertiary/aromatic N) is 3. The number of aromatic amines is 1. The minimum Gasteiger partial charge on any atom is -0.361 e. The van der Waals surface area contributed by atoms with Crippen LogP contribution >= 0.6 is 47.6 Å². The number of carbonyl (C=O) groups is 4. The lowest BCUT2D eigenvalue weighted by atomic mass is 10.1. The van der Waals surface area contributed by atoms with Crippen molar-refractivity contribution in [2.75, 3.05) is 42.5 Å². The SMILES string of the molecule is FC(F)(F)c1cccc(NC(=S)Nc2ccc3ncccc3c2)c1.O=C(Nc1ccc(C(F)(F)F)c(Cl)c1)Nc1ccc2ncccc2c1.O=C(Nc1ccc2c(c1)C(=O)NC2=O)Nc1ccc2[nH]ccc2c1.S=C(Nc1cccc(Cl)c1)Nc1ccc2ncccc2c1. The van der Waals surface area contributed by atoms with Crippen molar-refractivity contribution in [3.63, 3.8) is 0 Å². The van der Waals surface area contributed by atoms with Crippen LogP contribution < -0.4 is 47.9 Å². The highest BCUT2D eigenvalue weighted by Crippen LogP contribution is 2.36. The summed E-state index contributed by atoms with van der Waals surface area (Å²) in [5.74, 6) is -0.886. The first-order valence-electron chi connectivity index (χ1n) is 27.8. The van der Waals surface area contributed by atoms with Gasteiger partial charge in [0.15, 0.2) is 10.2 Å². The molecule has 8 aromatic carbocycles. The minimum absolute atomic E-state index is 0.151. The molecule has 5 heterocycles. The lowest BCUT2D eigenvalue weighted by Gasteiger charge is -2.13. The van der Waals surface area contributed by atoms with Crippen LogP contribution in [-0.4, -0.2) is 54.0 Å². The molecule has 0 spiro atoms. The van der Waals surface area contributed by atoms with E-state index < -0.39 is 52.4 Å².